The quantitative estimate of drug-likeness (QED) is 0.258. The van der Waals surface area contributed by atoms with Gasteiger partial charge in [0.1, 0.15) is 12.7 Å². The fraction of sp³-hybridized carbons (Fsp3) is 0.571. The minimum absolute atomic E-state index is 0. The summed E-state index contributed by atoms with van der Waals surface area (Å²) in [7, 11) is 0. The monoisotopic (exact) mass is 165 g/mol. The molecule has 0 N–H and O–H groups in total. The first-order chi connectivity index (χ1) is 4.70. The Morgan fingerprint density at radius 2 is 2.36 bits per heavy atom. The van der Waals surface area contributed by atoms with Gasteiger partial charge in [0.15, 0.2) is 0 Å². The first-order valence-electron chi connectivity index (χ1n) is 3.14. The van der Waals surface area contributed by atoms with Crippen molar-refractivity contribution in [3.05, 3.63) is 12.2 Å². The van der Waals surface area contributed by atoms with Gasteiger partial charge in [0, 0.05) is 35.1 Å². The number of carbonyl (C=O) groups excluding carboxylic acids is 1. The van der Waals surface area contributed by atoms with E-state index in [4.69, 9.17) is 9.47 Å². The van der Waals surface area contributed by atoms with Crippen LogP contribution in [0.4, 0.5) is 0 Å². The fourth-order valence-corrected chi connectivity index (χ4v) is 0.456. The van der Waals surface area contributed by atoms with Crippen molar-refractivity contribution in [3.8, 4) is 0 Å². The molecule has 1 radical (unpaired) electrons. The Kier molecular flexibility index (Phi) is 5.01. The van der Waals surface area contributed by atoms with Gasteiger partial charge < -0.3 is 9.47 Å². The minimum atomic E-state index is -0.337. The maximum atomic E-state index is 10.7. The predicted molar refractivity (Wildman–Crippen MR) is 41.3 cm³/mol. The van der Waals surface area contributed by atoms with Crippen LogP contribution in [-0.4, -0.2) is 54.8 Å². The summed E-state index contributed by atoms with van der Waals surface area (Å²) in [6, 6.07) is 0. The van der Waals surface area contributed by atoms with Gasteiger partial charge in [-0.05, 0) is 6.92 Å². The Morgan fingerprint density at radius 1 is 1.82 bits per heavy atom. The molecule has 0 aromatic heterocycles. The van der Waals surface area contributed by atoms with E-state index in [1.165, 1.54) is 0 Å². The van der Waals surface area contributed by atoms with E-state index < -0.39 is 0 Å². The fourth-order valence-electron chi connectivity index (χ4n) is 0.456. The molecular weight excluding hydrogens is 155 g/mol. The SMILES string of the molecule is C=C(C)C(=O)OCC1CO1.[Na]. The molecule has 1 fully saturated rings. The zero-order valence-electron chi connectivity index (χ0n) is 6.92. The standard InChI is InChI=1S/C7H10O3.Na/c1-5(2)7(8)10-4-6-3-9-6;/h6H,1,3-4H2,2H3;. The average Bonchev–Trinajstić information content (AvgIpc) is 2.64. The molecule has 1 aliphatic rings. The molecule has 1 unspecified atom stereocenters. The summed E-state index contributed by atoms with van der Waals surface area (Å²) in [5, 5.41) is 0. The molecule has 57 valence electrons. The summed E-state index contributed by atoms with van der Waals surface area (Å²) in [6.45, 7) is 6.14. The first kappa shape index (κ1) is 11.2. The number of carbonyl (C=O) groups is 1. The molecule has 0 aromatic carbocycles. The van der Waals surface area contributed by atoms with Crippen molar-refractivity contribution in [2.75, 3.05) is 13.2 Å². The summed E-state index contributed by atoms with van der Waals surface area (Å²) in [5.74, 6) is -0.337. The number of ether oxygens (including phenoxy) is 2. The number of rotatable bonds is 3. The van der Waals surface area contributed by atoms with Crippen LogP contribution in [-0.2, 0) is 14.3 Å². The molecule has 0 saturated carbocycles. The zero-order valence-corrected chi connectivity index (χ0v) is 8.92. The van der Waals surface area contributed by atoms with Crippen LogP contribution >= 0.6 is 0 Å². The summed E-state index contributed by atoms with van der Waals surface area (Å²) in [5.41, 5.74) is 0.431. The number of esters is 1. The third-order valence-corrected chi connectivity index (χ3v) is 1.15. The number of epoxide rings is 1. The first-order valence-corrected chi connectivity index (χ1v) is 3.14. The second-order valence-corrected chi connectivity index (χ2v) is 2.33. The maximum Gasteiger partial charge on any atom is 0.333 e. The molecule has 3 nitrogen and oxygen atoms in total. The molecule has 1 rings (SSSR count). The van der Waals surface area contributed by atoms with E-state index in [2.05, 4.69) is 6.58 Å². The topological polar surface area (TPSA) is 38.8 Å². The molecule has 1 saturated heterocycles. The van der Waals surface area contributed by atoms with E-state index in [1.54, 1.807) is 6.92 Å². The van der Waals surface area contributed by atoms with E-state index >= 15 is 0 Å². The average molecular weight is 165 g/mol. The van der Waals surface area contributed by atoms with Crippen LogP contribution in [0.3, 0.4) is 0 Å². The van der Waals surface area contributed by atoms with Crippen LogP contribution in [0.1, 0.15) is 6.92 Å². The van der Waals surface area contributed by atoms with Gasteiger partial charge in [-0.3, -0.25) is 0 Å². The van der Waals surface area contributed by atoms with Crippen LogP contribution in [0, 0.1) is 0 Å². The van der Waals surface area contributed by atoms with Gasteiger partial charge in [-0.15, -0.1) is 0 Å². The Bertz CT molecular complexity index is 163. The molecule has 11 heavy (non-hydrogen) atoms. The third-order valence-electron chi connectivity index (χ3n) is 1.15. The van der Waals surface area contributed by atoms with Crippen LogP contribution in [0.25, 0.3) is 0 Å². The largest absolute Gasteiger partial charge is 0.459 e. The number of hydrogen-bond acceptors (Lipinski definition) is 3. The number of hydrogen-bond donors (Lipinski definition) is 0. The Balaban J connectivity index is 0.000001000. The van der Waals surface area contributed by atoms with Crippen molar-refractivity contribution < 1.29 is 14.3 Å². The van der Waals surface area contributed by atoms with E-state index in [-0.39, 0.29) is 41.6 Å². The van der Waals surface area contributed by atoms with Crippen LogP contribution < -0.4 is 0 Å². The predicted octanol–water partition coefficient (Wildman–Crippen LogP) is 0.124. The van der Waals surface area contributed by atoms with Gasteiger partial charge in [-0.1, -0.05) is 6.58 Å². The Hall–Kier alpha value is 0.170. The second-order valence-electron chi connectivity index (χ2n) is 2.33. The van der Waals surface area contributed by atoms with Crippen LogP contribution in [0.2, 0.25) is 0 Å². The van der Waals surface area contributed by atoms with E-state index in [9.17, 15) is 4.79 Å². The molecule has 1 atom stereocenters. The molecule has 4 heteroatoms. The van der Waals surface area contributed by atoms with Gasteiger partial charge in [-0.25, -0.2) is 4.79 Å². The summed E-state index contributed by atoms with van der Waals surface area (Å²) >= 11 is 0. The molecular formula is C7H10NaO3. The van der Waals surface area contributed by atoms with E-state index in [1.807, 2.05) is 0 Å². The van der Waals surface area contributed by atoms with Crippen LogP contribution in [0.15, 0.2) is 12.2 Å². The second kappa shape index (κ2) is 4.93. The van der Waals surface area contributed by atoms with Crippen molar-refractivity contribution in [2.45, 2.75) is 13.0 Å². The van der Waals surface area contributed by atoms with Crippen molar-refractivity contribution in [2.24, 2.45) is 0 Å². The van der Waals surface area contributed by atoms with Gasteiger partial charge in [0.25, 0.3) is 0 Å². The summed E-state index contributed by atoms with van der Waals surface area (Å²) < 4.78 is 9.60. The van der Waals surface area contributed by atoms with E-state index in [0.717, 1.165) is 0 Å². The van der Waals surface area contributed by atoms with Crippen molar-refractivity contribution in [3.63, 3.8) is 0 Å². The maximum absolute atomic E-state index is 10.7. The molecule has 1 heterocycles. The Labute approximate surface area is 88.0 Å². The Morgan fingerprint density at radius 3 is 2.73 bits per heavy atom. The molecule has 0 aromatic rings. The molecule has 0 aliphatic carbocycles. The summed E-state index contributed by atoms with van der Waals surface area (Å²) in [4.78, 5) is 10.7. The van der Waals surface area contributed by atoms with Crippen molar-refractivity contribution in [1.82, 2.24) is 0 Å². The van der Waals surface area contributed by atoms with Gasteiger partial charge in [0.2, 0.25) is 0 Å². The van der Waals surface area contributed by atoms with Gasteiger partial charge in [0.05, 0.1) is 6.61 Å². The smallest absolute Gasteiger partial charge is 0.333 e. The van der Waals surface area contributed by atoms with Crippen LogP contribution in [0.5, 0.6) is 0 Å². The summed E-state index contributed by atoms with van der Waals surface area (Å²) in [6.07, 6.45) is 0.142. The molecule has 0 amide bonds. The van der Waals surface area contributed by atoms with Crippen molar-refractivity contribution in [1.29, 1.82) is 0 Å². The zero-order chi connectivity index (χ0) is 7.56. The third kappa shape index (κ3) is 4.58. The minimum Gasteiger partial charge on any atom is -0.459 e. The molecule has 0 bridgehead atoms. The van der Waals surface area contributed by atoms with Gasteiger partial charge in [-0.2, -0.15) is 0 Å². The molecule has 1 aliphatic heterocycles. The normalized spacial score (nSPS) is 19.9. The van der Waals surface area contributed by atoms with Crippen molar-refractivity contribution >= 4 is 35.5 Å². The van der Waals surface area contributed by atoms with Gasteiger partial charge >= 0.3 is 5.97 Å². The molecule has 0 spiro atoms. The van der Waals surface area contributed by atoms with E-state index in [0.29, 0.717) is 18.8 Å².